The van der Waals surface area contributed by atoms with Crippen LogP contribution >= 0.6 is 0 Å². The molecule has 0 aliphatic heterocycles. The van der Waals surface area contributed by atoms with Gasteiger partial charge in [-0.3, -0.25) is 4.79 Å². The Balaban J connectivity index is 2.54. The Bertz CT molecular complexity index is 589. The van der Waals surface area contributed by atoms with Crippen molar-refractivity contribution >= 4 is 16.9 Å². The third kappa shape index (κ3) is 2.29. The van der Waals surface area contributed by atoms with E-state index in [2.05, 4.69) is 4.98 Å². The van der Waals surface area contributed by atoms with Gasteiger partial charge in [0.15, 0.2) is 0 Å². The SMILES string of the molecule is NC(=O)CCn1c(C(F)(F)F)nc2ccccc21. The van der Waals surface area contributed by atoms with E-state index in [1.165, 1.54) is 12.1 Å². The number of aryl methyl sites for hydroxylation is 1. The van der Waals surface area contributed by atoms with Gasteiger partial charge in [0, 0.05) is 13.0 Å². The maximum atomic E-state index is 12.8. The molecule has 1 aromatic carbocycles. The van der Waals surface area contributed by atoms with Crippen molar-refractivity contribution in [3.63, 3.8) is 0 Å². The summed E-state index contributed by atoms with van der Waals surface area (Å²) in [5.74, 6) is -1.66. The number of aromatic nitrogens is 2. The highest BCUT2D eigenvalue weighted by molar-refractivity contribution is 5.77. The van der Waals surface area contributed by atoms with Crippen molar-refractivity contribution in [2.24, 2.45) is 5.73 Å². The number of primary amides is 1. The first kappa shape index (κ1) is 12.4. The molecule has 0 saturated carbocycles. The number of benzene rings is 1. The van der Waals surface area contributed by atoms with Gasteiger partial charge in [0.25, 0.3) is 0 Å². The summed E-state index contributed by atoms with van der Waals surface area (Å²) in [6, 6.07) is 6.24. The largest absolute Gasteiger partial charge is 0.449 e. The summed E-state index contributed by atoms with van der Waals surface area (Å²) in [6.45, 7) is -0.134. The Morgan fingerprint density at radius 3 is 2.61 bits per heavy atom. The second kappa shape index (κ2) is 4.32. The van der Waals surface area contributed by atoms with E-state index in [9.17, 15) is 18.0 Å². The average molecular weight is 257 g/mol. The second-order valence-electron chi connectivity index (χ2n) is 3.79. The minimum Gasteiger partial charge on any atom is -0.370 e. The highest BCUT2D eigenvalue weighted by Crippen LogP contribution is 2.31. The molecule has 7 heteroatoms. The number of hydrogen-bond donors (Lipinski definition) is 1. The molecule has 1 heterocycles. The topological polar surface area (TPSA) is 60.9 Å². The van der Waals surface area contributed by atoms with Gasteiger partial charge < -0.3 is 10.3 Å². The number of halogens is 3. The molecule has 0 spiro atoms. The third-order valence-electron chi connectivity index (χ3n) is 2.49. The zero-order valence-corrected chi connectivity index (χ0v) is 9.24. The fourth-order valence-electron chi connectivity index (χ4n) is 1.74. The Labute approximate surface area is 100 Å². The summed E-state index contributed by atoms with van der Waals surface area (Å²) in [4.78, 5) is 14.2. The van der Waals surface area contributed by atoms with Crippen LogP contribution in [0.25, 0.3) is 11.0 Å². The lowest BCUT2D eigenvalue weighted by molar-refractivity contribution is -0.147. The zero-order valence-electron chi connectivity index (χ0n) is 9.24. The molecule has 0 radical (unpaired) electrons. The molecular formula is C11H10F3N3O. The zero-order chi connectivity index (χ0) is 13.3. The summed E-state index contributed by atoms with van der Waals surface area (Å²) in [5.41, 5.74) is 5.54. The molecule has 0 aliphatic rings. The smallest absolute Gasteiger partial charge is 0.370 e. The molecule has 0 atom stereocenters. The molecule has 1 aromatic heterocycles. The van der Waals surface area contributed by atoms with Crippen LogP contribution in [0, 0.1) is 0 Å². The Morgan fingerprint density at radius 2 is 2.00 bits per heavy atom. The van der Waals surface area contributed by atoms with Crippen molar-refractivity contribution in [1.29, 1.82) is 0 Å². The van der Waals surface area contributed by atoms with Gasteiger partial charge in [-0.15, -0.1) is 0 Å². The molecular weight excluding hydrogens is 247 g/mol. The molecule has 0 aliphatic carbocycles. The van der Waals surface area contributed by atoms with Crippen LogP contribution in [0.1, 0.15) is 12.2 Å². The van der Waals surface area contributed by atoms with Crippen LogP contribution in [0.15, 0.2) is 24.3 Å². The Morgan fingerprint density at radius 1 is 1.33 bits per heavy atom. The fraction of sp³-hybridized carbons (Fsp3) is 0.273. The quantitative estimate of drug-likeness (QED) is 0.913. The van der Waals surface area contributed by atoms with Gasteiger partial charge in [0.1, 0.15) is 0 Å². The second-order valence-corrected chi connectivity index (χ2v) is 3.79. The van der Waals surface area contributed by atoms with Crippen molar-refractivity contribution in [2.75, 3.05) is 0 Å². The van der Waals surface area contributed by atoms with Crippen molar-refractivity contribution in [3.8, 4) is 0 Å². The van der Waals surface area contributed by atoms with Gasteiger partial charge in [-0.25, -0.2) is 4.98 Å². The van der Waals surface area contributed by atoms with E-state index >= 15 is 0 Å². The van der Waals surface area contributed by atoms with Crippen LogP contribution in [0.2, 0.25) is 0 Å². The summed E-state index contributed by atoms with van der Waals surface area (Å²) in [5, 5.41) is 0. The lowest BCUT2D eigenvalue weighted by Crippen LogP contribution is -2.19. The van der Waals surface area contributed by atoms with E-state index < -0.39 is 17.9 Å². The molecule has 0 fully saturated rings. The predicted molar refractivity (Wildman–Crippen MR) is 58.5 cm³/mol. The van der Waals surface area contributed by atoms with Crippen molar-refractivity contribution in [1.82, 2.24) is 9.55 Å². The lowest BCUT2D eigenvalue weighted by Gasteiger charge is -2.10. The molecule has 4 nitrogen and oxygen atoms in total. The molecule has 18 heavy (non-hydrogen) atoms. The minimum atomic E-state index is -4.56. The number of carbonyl (C=O) groups excluding carboxylic acids is 1. The maximum Gasteiger partial charge on any atom is 0.449 e. The first-order valence-corrected chi connectivity index (χ1v) is 5.20. The van der Waals surface area contributed by atoms with Gasteiger partial charge in [-0.05, 0) is 12.1 Å². The van der Waals surface area contributed by atoms with Crippen LogP contribution in [0.4, 0.5) is 13.2 Å². The molecule has 0 unspecified atom stereocenters. The Kier molecular flexibility index (Phi) is 2.98. The van der Waals surface area contributed by atoms with E-state index in [-0.39, 0.29) is 18.5 Å². The van der Waals surface area contributed by atoms with E-state index in [1.54, 1.807) is 12.1 Å². The number of imidazole rings is 1. The average Bonchev–Trinajstić information content (AvgIpc) is 2.64. The molecule has 2 N–H and O–H groups in total. The lowest BCUT2D eigenvalue weighted by atomic mass is 10.3. The van der Waals surface area contributed by atoms with Crippen molar-refractivity contribution < 1.29 is 18.0 Å². The van der Waals surface area contributed by atoms with Crippen LogP contribution in [0.3, 0.4) is 0 Å². The van der Waals surface area contributed by atoms with E-state index in [0.29, 0.717) is 5.52 Å². The van der Waals surface area contributed by atoms with Gasteiger partial charge in [0.2, 0.25) is 11.7 Å². The number of hydrogen-bond acceptors (Lipinski definition) is 2. The number of alkyl halides is 3. The number of carbonyl (C=O) groups is 1. The van der Waals surface area contributed by atoms with E-state index in [0.717, 1.165) is 4.57 Å². The summed E-state index contributed by atoms with van der Waals surface area (Å²) < 4.78 is 39.4. The summed E-state index contributed by atoms with van der Waals surface area (Å²) in [7, 11) is 0. The predicted octanol–water partition coefficient (Wildman–Crippen LogP) is 1.93. The number of amides is 1. The van der Waals surface area contributed by atoms with Crippen molar-refractivity contribution in [3.05, 3.63) is 30.1 Å². The normalized spacial score (nSPS) is 11.9. The number of nitrogens with zero attached hydrogens (tertiary/aromatic N) is 2. The standard InChI is InChI=1S/C11H10F3N3O/c12-11(13,14)10-16-7-3-1-2-4-8(7)17(10)6-5-9(15)18/h1-4H,5-6H2,(H2,15,18). The van der Waals surface area contributed by atoms with Gasteiger partial charge in [-0.1, -0.05) is 12.1 Å². The molecule has 2 aromatic rings. The number of nitrogens with two attached hydrogens (primary N) is 1. The van der Waals surface area contributed by atoms with Crippen LogP contribution in [-0.4, -0.2) is 15.5 Å². The van der Waals surface area contributed by atoms with Gasteiger partial charge >= 0.3 is 6.18 Å². The van der Waals surface area contributed by atoms with Crippen LogP contribution < -0.4 is 5.73 Å². The molecule has 0 bridgehead atoms. The van der Waals surface area contributed by atoms with Gasteiger partial charge in [-0.2, -0.15) is 13.2 Å². The molecule has 96 valence electrons. The fourth-order valence-corrected chi connectivity index (χ4v) is 1.74. The van der Waals surface area contributed by atoms with Crippen molar-refractivity contribution in [2.45, 2.75) is 19.1 Å². The Hall–Kier alpha value is -2.05. The highest BCUT2D eigenvalue weighted by Gasteiger charge is 2.37. The highest BCUT2D eigenvalue weighted by atomic mass is 19.4. The monoisotopic (exact) mass is 257 g/mol. The molecule has 2 rings (SSSR count). The molecule has 1 amide bonds. The van der Waals surface area contributed by atoms with Crippen LogP contribution in [0.5, 0.6) is 0 Å². The van der Waals surface area contributed by atoms with E-state index in [1.807, 2.05) is 0 Å². The number of para-hydroxylation sites is 2. The summed E-state index contributed by atoms with van der Waals surface area (Å²) >= 11 is 0. The first-order valence-electron chi connectivity index (χ1n) is 5.20. The molecule has 0 saturated heterocycles. The minimum absolute atomic E-state index is 0.134. The number of fused-ring (bicyclic) bond motifs is 1. The summed E-state index contributed by atoms with van der Waals surface area (Å²) in [6.07, 6.45) is -4.72. The first-order chi connectivity index (χ1) is 8.39. The van der Waals surface area contributed by atoms with Crippen LogP contribution in [-0.2, 0) is 17.5 Å². The van der Waals surface area contributed by atoms with Gasteiger partial charge in [0.05, 0.1) is 11.0 Å². The maximum absolute atomic E-state index is 12.8. The third-order valence-corrected chi connectivity index (χ3v) is 2.49. The number of rotatable bonds is 3. The van der Waals surface area contributed by atoms with E-state index in [4.69, 9.17) is 5.73 Å².